The zero-order valence-corrected chi connectivity index (χ0v) is 8.71. The summed E-state index contributed by atoms with van der Waals surface area (Å²) in [7, 11) is 0. The second-order valence-corrected chi connectivity index (χ2v) is 4.49. The van der Waals surface area contributed by atoms with Crippen LogP contribution in [0.15, 0.2) is 0 Å². The standard InChI is InChI=1S/C11H23NO/c1-9(13)11(12)8-7-10-5-3-2-4-6-10/h9-11,13H,2-8,12H2,1H3/t9-,11?/m0/s1. The Morgan fingerprint density at radius 3 is 2.46 bits per heavy atom. The van der Waals surface area contributed by atoms with Crippen molar-refractivity contribution in [1.29, 1.82) is 0 Å². The lowest BCUT2D eigenvalue weighted by atomic mass is 9.85. The minimum absolute atomic E-state index is 0.0121. The van der Waals surface area contributed by atoms with Gasteiger partial charge >= 0.3 is 0 Å². The van der Waals surface area contributed by atoms with E-state index < -0.39 is 0 Å². The molecule has 1 rings (SSSR count). The zero-order chi connectivity index (χ0) is 9.68. The maximum absolute atomic E-state index is 9.23. The summed E-state index contributed by atoms with van der Waals surface area (Å²) in [5.74, 6) is 0.888. The maximum atomic E-state index is 9.23. The Balaban J connectivity index is 2.10. The Labute approximate surface area is 81.5 Å². The van der Waals surface area contributed by atoms with Crippen molar-refractivity contribution in [3.8, 4) is 0 Å². The third-order valence-electron chi connectivity index (χ3n) is 3.25. The van der Waals surface area contributed by atoms with Gasteiger partial charge in [0.2, 0.25) is 0 Å². The average molecular weight is 185 g/mol. The predicted octanol–water partition coefficient (Wildman–Crippen LogP) is 2.05. The number of aliphatic hydroxyl groups is 1. The van der Waals surface area contributed by atoms with E-state index in [2.05, 4.69) is 0 Å². The van der Waals surface area contributed by atoms with E-state index in [1.807, 2.05) is 0 Å². The van der Waals surface area contributed by atoms with Crippen molar-refractivity contribution in [2.45, 2.75) is 64.0 Å². The van der Waals surface area contributed by atoms with Crippen LogP contribution < -0.4 is 5.73 Å². The molecule has 0 aliphatic heterocycles. The fourth-order valence-corrected chi connectivity index (χ4v) is 2.15. The Hall–Kier alpha value is -0.0800. The van der Waals surface area contributed by atoms with E-state index in [9.17, 15) is 5.11 Å². The average Bonchev–Trinajstić information content (AvgIpc) is 2.15. The molecule has 78 valence electrons. The third kappa shape index (κ3) is 4.10. The molecule has 3 N–H and O–H groups in total. The van der Waals surface area contributed by atoms with Crippen molar-refractivity contribution >= 4 is 0 Å². The zero-order valence-electron chi connectivity index (χ0n) is 8.71. The normalized spacial score (nSPS) is 24.2. The molecular weight excluding hydrogens is 162 g/mol. The largest absolute Gasteiger partial charge is 0.392 e. The van der Waals surface area contributed by atoms with E-state index in [1.54, 1.807) is 6.92 Å². The number of hydrogen-bond acceptors (Lipinski definition) is 2. The topological polar surface area (TPSA) is 46.2 Å². The van der Waals surface area contributed by atoms with Crippen LogP contribution in [-0.2, 0) is 0 Å². The molecule has 0 bridgehead atoms. The molecule has 0 amide bonds. The molecule has 0 aromatic heterocycles. The molecule has 2 heteroatoms. The first-order chi connectivity index (χ1) is 6.20. The number of hydrogen-bond donors (Lipinski definition) is 2. The maximum Gasteiger partial charge on any atom is 0.0662 e. The van der Waals surface area contributed by atoms with E-state index in [-0.39, 0.29) is 12.1 Å². The van der Waals surface area contributed by atoms with Gasteiger partial charge in [-0.3, -0.25) is 0 Å². The highest BCUT2D eigenvalue weighted by Crippen LogP contribution is 2.27. The Kier molecular flexibility index (Phi) is 4.74. The Bertz CT molecular complexity index is 130. The minimum atomic E-state index is -0.344. The van der Waals surface area contributed by atoms with Gasteiger partial charge in [-0.15, -0.1) is 0 Å². The van der Waals surface area contributed by atoms with Gasteiger partial charge in [0, 0.05) is 6.04 Å². The van der Waals surface area contributed by atoms with Crippen LogP contribution in [0.3, 0.4) is 0 Å². The van der Waals surface area contributed by atoms with Crippen molar-refractivity contribution in [2.75, 3.05) is 0 Å². The van der Waals surface area contributed by atoms with Crippen LogP contribution in [0.5, 0.6) is 0 Å². The Morgan fingerprint density at radius 2 is 1.92 bits per heavy atom. The van der Waals surface area contributed by atoms with Crippen LogP contribution in [0.4, 0.5) is 0 Å². The molecular formula is C11H23NO. The molecule has 0 aromatic rings. The number of aliphatic hydroxyl groups excluding tert-OH is 1. The number of rotatable bonds is 4. The van der Waals surface area contributed by atoms with Crippen molar-refractivity contribution in [3.63, 3.8) is 0 Å². The van der Waals surface area contributed by atoms with Crippen LogP contribution in [0, 0.1) is 5.92 Å². The second kappa shape index (κ2) is 5.61. The molecule has 1 aliphatic rings. The van der Waals surface area contributed by atoms with Crippen molar-refractivity contribution in [2.24, 2.45) is 11.7 Å². The summed E-state index contributed by atoms with van der Waals surface area (Å²) in [4.78, 5) is 0. The molecule has 0 saturated heterocycles. The first-order valence-electron chi connectivity index (χ1n) is 5.64. The van der Waals surface area contributed by atoms with Gasteiger partial charge in [-0.25, -0.2) is 0 Å². The highest BCUT2D eigenvalue weighted by atomic mass is 16.3. The predicted molar refractivity (Wildman–Crippen MR) is 55.5 cm³/mol. The summed E-state index contributed by atoms with van der Waals surface area (Å²) < 4.78 is 0. The summed E-state index contributed by atoms with van der Waals surface area (Å²) in [6, 6.07) is -0.0121. The van der Waals surface area contributed by atoms with Crippen molar-refractivity contribution in [1.82, 2.24) is 0 Å². The van der Waals surface area contributed by atoms with Crippen molar-refractivity contribution < 1.29 is 5.11 Å². The molecule has 2 atom stereocenters. The summed E-state index contributed by atoms with van der Waals surface area (Å²) in [6.07, 6.45) is 8.83. The van der Waals surface area contributed by atoms with Gasteiger partial charge in [0.1, 0.15) is 0 Å². The lowest BCUT2D eigenvalue weighted by molar-refractivity contribution is 0.153. The fraction of sp³-hybridized carbons (Fsp3) is 1.00. The lowest BCUT2D eigenvalue weighted by Crippen LogP contribution is -2.32. The van der Waals surface area contributed by atoms with Gasteiger partial charge in [-0.1, -0.05) is 32.1 Å². The molecule has 1 saturated carbocycles. The SMILES string of the molecule is C[C@H](O)C(N)CCC1CCCCC1. The summed E-state index contributed by atoms with van der Waals surface area (Å²) >= 11 is 0. The molecule has 0 heterocycles. The summed E-state index contributed by atoms with van der Waals surface area (Å²) in [5, 5.41) is 9.23. The third-order valence-corrected chi connectivity index (χ3v) is 3.25. The van der Waals surface area contributed by atoms with E-state index in [4.69, 9.17) is 5.73 Å². The van der Waals surface area contributed by atoms with Crippen molar-refractivity contribution in [3.05, 3.63) is 0 Å². The van der Waals surface area contributed by atoms with Gasteiger partial charge in [0.05, 0.1) is 6.10 Å². The Morgan fingerprint density at radius 1 is 1.31 bits per heavy atom. The first-order valence-corrected chi connectivity index (χ1v) is 5.64. The van der Waals surface area contributed by atoms with Crippen LogP contribution >= 0.6 is 0 Å². The van der Waals surface area contributed by atoms with E-state index >= 15 is 0 Å². The molecule has 1 fully saturated rings. The molecule has 1 aliphatic carbocycles. The quantitative estimate of drug-likeness (QED) is 0.704. The van der Waals surface area contributed by atoms with E-state index in [0.29, 0.717) is 0 Å². The van der Waals surface area contributed by atoms with Gasteiger partial charge < -0.3 is 10.8 Å². The minimum Gasteiger partial charge on any atom is -0.392 e. The second-order valence-electron chi connectivity index (χ2n) is 4.49. The molecule has 13 heavy (non-hydrogen) atoms. The number of nitrogens with two attached hydrogens (primary N) is 1. The van der Waals surface area contributed by atoms with E-state index in [0.717, 1.165) is 12.3 Å². The summed E-state index contributed by atoms with van der Waals surface area (Å²) in [5.41, 5.74) is 5.78. The van der Waals surface area contributed by atoms with E-state index in [1.165, 1.54) is 38.5 Å². The fourth-order valence-electron chi connectivity index (χ4n) is 2.15. The van der Waals surface area contributed by atoms with Crippen LogP contribution in [-0.4, -0.2) is 17.3 Å². The van der Waals surface area contributed by atoms with Gasteiger partial charge in [-0.2, -0.15) is 0 Å². The van der Waals surface area contributed by atoms with Crippen LogP contribution in [0.25, 0.3) is 0 Å². The molecule has 0 radical (unpaired) electrons. The van der Waals surface area contributed by atoms with Gasteiger partial charge in [0.25, 0.3) is 0 Å². The molecule has 2 nitrogen and oxygen atoms in total. The lowest BCUT2D eigenvalue weighted by Gasteiger charge is -2.23. The first kappa shape index (κ1) is 11.0. The smallest absolute Gasteiger partial charge is 0.0662 e. The molecule has 0 aromatic carbocycles. The summed E-state index contributed by atoms with van der Waals surface area (Å²) in [6.45, 7) is 1.78. The highest BCUT2D eigenvalue weighted by molar-refractivity contribution is 4.72. The van der Waals surface area contributed by atoms with Gasteiger partial charge in [0.15, 0.2) is 0 Å². The van der Waals surface area contributed by atoms with Gasteiger partial charge in [-0.05, 0) is 25.7 Å². The monoisotopic (exact) mass is 185 g/mol. The highest BCUT2D eigenvalue weighted by Gasteiger charge is 2.16. The molecule has 0 spiro atoms. The van der Waals surface area contributed by atoms with Crippen LogP contribution in [0.2, 0.25) is 0 Å². The molecule has 1 unspecified atom stereocenters. The van der Waals surface area contributed by atoms with Crippen LogP contribution in [0.1, 0.15) is 51.9 Å².